The Kier molecular flexibility index (Phi) is 9.03. The molecule has 0 spiro atoms. The van der Waals surface area contributed by atoms with E-state index in [0.29, 0.717) is 28.6 Å². The molecule has 3 amide bonds. The first kappa shape index (κ1) is 24.2. The van der Waals surface area contributed by atoms with Crippen LogP contribution in [0.5, 0.6) is 17.2 Å². The lowest BCUT2D eigenvalue weighted by molar-refractivity contribution is -0.136. The molecule has 0 aliphatic carbocycles. The molecule has 2 aromatic carbocycles. The summed E-state index contributed by atoms with van der Waals surface area (Å²) in [4.78, 5) is 36.3. The average molecular weight is 442 g/mol. The minimum atomic E-state index is -0.989. The lowest BCUT2D eigenvalue weighted by atomic mass is 10.2. The molecule has 2 rings (SSSR count). The quantitative estimate of drug-likeness (QED) is 0.309. The van der Waals surface area contributed by atoms with Crippen molar-refractivity contribution in [2.24, 2.45) is 5.10 Å². The number of anilines is 1. The van der Waals surface area contributed by atoms with Gasteiger partial charge in [-0.2, -0.15) is 5.10 Å². The van der Waals surface area contributed by atoms with E-state index in [1.54, 1.807) is 38.3 Å². The molecule has 0 aliphatic rings. The minimum Gasteiger partial charge on any atom is -0.497 e. The van der Waals surface area contributed by atoms with Crippen LogP contribution < -0.4 is 30.3 Å². The lowest BCUT2D eigenvalue weighted by Gasteiger charge is -2.11. The van der Waals surface area contributed by atoms with Crippen LogP contribution in [0, 0.1) is 0 Å². The lowest BCUT2D eigenvalue weighted by Crippen LogP contribution is -2.33. The monoisotopic (exact) mass is 442 g/mol. The van der Waals surface area contributed by atoms with Gasteiger partial charge in [-0.25, -0.2) is 5.43 Å². The summed E-state index contributed by atoms with van der Waals surface area (Å²) in [7, 11) is 4.48. The third-order valence-corrected chi connectivity index (χ3v) is 4.30. The molecule has 3 N–H and O–H groups in total. The molecule has 32 heavy (non-hydrogen) atoms. The molecule has 0 unspecified atom stereocenters. The highest BCUT2D eigenvalue weighted by atomic mass is 16.5. The number of carbonyl (C=O) groups excluding carboxylic acids is 3. The van der Waals surface area contributed by atoms with Gasteiger partial charge in [0.25, 0.3) is 0 Å². The van der Waals surface area contributed by atoms with E-state index in [4.69, 9.17) is 14.2 Å². The van der Waals surface area contributed by atoms with Gasteiger partial charge in [-0.3, -0.25) is 14.4 Å². The fraction of sp³-hybridized carbons (Fsp3) is 0.273. The number of ether oxygens (including phenoxy) is 3. The normalized spacial score (nSPS) is 10.7. The number of para-hydroxylation sites is 1. The summed E-state index contributed by atoms with van der Waals surface area (Å²) in [6.07, 6.45) is -0.0522. The van der Waals surface area contributed by atoms with E-state index < -0.39 is 11.8 Å². The van der Waals surface area contributed by atoms with Crippen molar-refractivity contribution in [1.82, 2.24) is 10.7 Å². The summed E-state index contributed by atoms with van der Waals surface area (Å²) in [6.45, 7) is 1.85. The number of rotatable bonds is 9. The maximum Gasteiger partial charge on any atom is 0.329 e. The molecule has 0 atom stereocenters. The summed E-state index contributed by atoms with van der Waals surface area (Å²) in [5.41, 5.74) is 3.58. The number of nitrogens with zero attached hydrogens (tertiary/aromatic N) is 1. The first-order chi connectivity index (χ1) is 15.4. The summed E-state index contributed by atoms with van der Waals surface area (Å²) >= 11 is 0. The van der Waals surface area contributed by atoms with Gasteiger partial charge in [0.15, 0.2) is 0 Å². The van der Waals surface area contributed by atoms with E-state index in [-0.39, 0.29) is 18.9 Å². The Morgan fingerprint density at radius 2 is 1.62 bits per heavy atom. The molecule has 10 nitrogen and oxygen atoms in total. The van der Waals surface area contributed by atoms with Crippen LogP contribution in [0.1, 0.15) is 18.9 Å². The van der Waals surface area contributed by atoms with Crippen LogP contribution in [0.25, 0.3) is 0 Å². The SMILES string of the molecule is COc1ccc(NC(=O)C(=O)N/N=C(\C)CC(=O)NCc2ccccc2OC)c(OC)c1. The zero-order chi connectivity index (χ0) is 23.5. The fourth-order valence-electron chi connectivity index (χ4n) is 2.66. The van der Waals surface area contributed by atoms with Gasteiger partial charge < -0.3 is 24.8 Å². The van der Waals surface area contributed by atoms with Gasteiger partial charge in [0.1, 0.15) is 17.2 Å². The minimum absolute atomic E-state index is 0.0522. The first-order valence-electron chi connectivity index (χ1n) is 9.63. The molecule has 0 aromatic heterocycles. The first-order valence-corrected chi connectivity index (χ1v) is 9.63. The Balaban J connectivity index is 1.85. The number of benzene rings is 2. The van der Waals surface area contributed by atoms with E-state index in [2.05, 4.69) is 21.2 Å². The zero-order valence-corrected chi connectivity index (χ0v) is 18.4. The van der Waals surface area contributed by atoms with Gasteiger partial charge in [-0.1, -0.05) is 18.2 Å². The fourth-order valence-corrected chi connectivity index (χ4v) is 2.66. The van der Waals surface area contributed by atoms with Crippen molar-refractivity contribution in [3.8, 4) is 17.2 Å². The Morgan fingerprint density at radius 3 is 2.31 bits per heavy atom. The Bertz CT molecular complexity index is 1010. The van der Waals surface area contributed by atoms with E-state index in [1.165, 1.54) is 14.2 Å². The molecule has 0 bridgehead atoms. The predicted molar refractivity (Wildman–Crippen MR) is 119 cm³/mol. The van der Waals surface area contributed by atoms with Gasteiger partial charge in [-0.05, 0) is 25.1 Å². The van der Waals surface area contributed by atoms with Crippen LogP contribution in [0.15, 0.2) is 47.6 Å². The van der Waals surface area contributed by atoms with E-state index >= 15 is 0 Å². The molecule has 0 saturated heterocycles. The Hall–Kier alpha value is -4.08. The van der Waals surface area contributed by atoms with E-state index in [0.717, 1.165) is 5.56 Å². The van der Waals surface area contributed by atoms with Crippen molar-refractivity contribution in [1.29, 1.82) is 0 Å². The third kappa shape index (κ3) is 7.01. The van der Waals surface area contributed by atoms with Crippen molar-refractivity contribution in [2.75, 3.05) is 26.6 Å². The van der Waals surface area contributed by atoms with Crippen molar-refractivity contribution < 1.29 is 28.6 Å². The number of amides is 3. The van der Waals surface area contributed by atoms with E-state index in [1.807, 2.05) is 18.2 Å². The maximum absolute atomic E-state index is 12.1. The van der Waals surface area contributed by atoms with Crippen molar-refractivity contribution >= 4 is 29.1 Å². The maximum atomic E-state index is 12.1. The van der Waals surface area contributed by atoms with Crippen LogP contribution in [0.2, 0.25) is 0 Å². The highest BCUT2D eigenvalue weighted by molar-refractivity contribution is 6.39. The number of methoxy groups -OCH3 is 3. The molecule has 170 valence electrons. The standard InChI is InChI=1S/C22H26N4O6/c1-14(11-20(27)23-13-15-7-5-6-8-18(15)31-3)25-26-22(29)21(28)24-17-10-9-16(30-2)12-19(17)32-4/h5-10,12H,11,13H2,1-4H3,(H,23,27)(H,24,28)(H,26,29)/b25-14+. The Labute approximate surface area is 185 Å². The number of hydrogen-bond acceptors (Lipinski definition) is 7. The largest absolute Gasteiger partial charge is 0.497 e. The zero-order valence-electron chi connectivity index (χ0n) is 18.4. The summed E-state index contributed by atoms with van der Waals surface area (Å²) < 4.78 is 15.5. The second kappa shape index (κ2) is 11.9. The summed E-state index contributed by atoms with van der Waals surface area (Å²) in [6, 6.07) is 12.1. The van der Waals surface area contributed by atoms with Crippen LogP contribution in [-0.4, -0.2) is 44.8 Å². The van der Waals surface area contributed by atoms with Crippen LogP contribution >= 0.6 is 0 Å². The summed E-state index contributed by atoms with van der Waals surface area (Å²) in [5.74, 6) is -0.684. The van der Waals surface area contributed by atoms with E-state index in [9.17, 15) is 14.4 Å². The van der Waals surface area contributed by atoms with Crippen LogP contribution in [-0.2, 0) is 20.9 Å². The molecular weight excluding hydrogens is 416 g/mol. The smallest absolute Gasteiger partial charge is 0.329 e. The summed E-state index contributed by atoms with van der Waals surface area (Å²) in [5, 5.41) is 8.99. The number of carbonyl (C=O) groups is 3. The van der Waals surface area contributed by atoms with Crippen molar-refractivity contribution in [3.63, 3.8) is 0 Å². The van der Waals surface area contributed by atoms with Gasteiger partial charge in [0.2, 0.25) is 5.91 Å². The number of hydrogen-bond donors (Lipinski definition) is 3. The Morgan fingerprint density at radius 1 is 0.906 bits per heavy atom. The molecular formula is C22H26N4O6. The highest BCUT2D eigenvalue weighted by Gasteiger charge is 2.16. The predicted octanol–water partition coefficient (Wildman–Crippen LogP) is 1.85. The molecule has 0 aliphatic heterocycles. The molecule has 0 fully saturated rings. The van der Waals surface area contributed by atoms with Gasteiger partial charge in [0.05, 0.1) is 33.4 Å². The third-order valence-electron chi connectivity index (χ3n) is 4.30. The molecule has 10 heteroatoms. The van der Waals surface area contributed by atoms with Crippen LogP contribution in [0.4, 0.5) is 5.69 Å². The molecule has 0 heterocycles. The molecule has 0 saturated carbocycles. The molecule has 0 radical (unpaired) electrons. The average Bonchev–Trinajstić information content (AvgIpc) is 2.81. The van der Waals surface area contributed by atoms with Gasteiger partial charge in [-0.15, -0.1) is 0 Å². The second-order valence-corrected chi connectivity index (χ2v) is 6.57. The van der Waals surface area contributed by atoms with Crippen LogP contribution in [0.3, 0.4) is 0 Å². The van der Waals surface area contributed by atoms with Crippen molar-refractivity contribution in [2.45, 2.75) is 19.9 Å². The van der Waals surface area contributed by atoms with Gasteiger partial charge in [0, 0.05) is 23.9 Å². The second-order valence-electron chi connectivity index (χ2n) is 6.57. The highest BCUT2D eigenvalue weighted by Crippen LogP contribution is 2.28. The molecule has 2 aromatic rings. The number of hydrazone groups is 1. The van der Waals surface area contributed by atoms with Crippen molar-refractivity contribution in [3.05, 3.63) is 48.0 Å². The topological polar surface area (TPSA) is 127 Å². The number of nitrogens with one attached hydrogen (secondary N) is 3. The van der Waals surface area contributed by atoms with Gasteiger partial charge >= 0.3 is 11.8 Å².